The monoisotopic (exact) mass is 465 g/mol. The molecule has 2 aromatic carbocycles. The summed E-state index contributed by atoms with van der Waals surface area (Å²) in [7, 11) is 0. The Balaban J connectivity index is 1.35. The Labute approximate surface area is 190 Å². The second kappa shape index (κ2) is 9.02. The number of hydrogen-bond acceptors (Lipinski definition) is 5. The predicted molar refractivity (Wildman–Crippen MR) is 117 cm³/mol. The normalized spacial score (nSPS) is 21.0. The number of anilines is 1. The van der Waals surface area contributed by atoms with Gasteiger partial charge in [0, 0.05) is 31.9 Å². The van der Waals surface area contributed by atoms with Gasteiger partial charge < -0.3 is 14.8 Å². The average Bonchev–Trinajstić information content (AvgIpc) is 3.20. The fourth-order valence-electron chi connectivity index (χ4n) is 4.98. The van der Waals surface area contributed by atoms with Crippen molar-refractivity contribution in [2.75, 3.05) is 51.5 Å². The summed E-state index contributed by atoms with van der Waals surface area (Å²) in [4.78, 5) is 3.69. The van der Waals surface area contributed by atoms with Crippen LogP contribution in [0.15, 0.2) is 36.4 Å². The molecule has 5 rings (SSSR count). The van der Waals surface area contributed by atoms with E-state index >= 15 is 0 Å². The Bertz CT molecular complexity index is 977. The first-order valence-corrected chi connectivity index (χ1v) is 11.3. The molecule has 1 N–H and O–H groups in total. The number of halogens is 4. The van der Waals surface area contributed by atoms with Gasteiger partial charge in [-0.1, -0.05) is 12.1 Å². The number of alkyl halides is 4. The van der Waals surface area contributed by atoms with E-state index in [0.29, 0.717) is 36.9 Å². The largest absolute Gasteiger partial charge is 0.454 e. The van der Waals surface area contributed by atoms with Gasteiger partial charge in [0.05, 0.1) is 25.3 Å². The van der Waals surface area contributed by atoms with E-state index in [0.717, 1.165) is 42.0 Å². The van der Waals surface area contributed by atoms with Gasteiger partial charge in [-0.15, -0.1) is 0 Å². The maximum atomic E-state index is 13.4. The zero-order valence-corrected chi connectivity index (χ0v) is 18.2. The van der Waals surface area contributed by atoms with Crippen molar-refractivity contribution in [1.29, 1.82) is 0 Å². The second-order valence-electron chi connectivity index (χ2n) is 8.91. The molecule has 0 radical (unpaired) electrons. The molecule has 5 nitrogen and oxygen atoms in total. The Hall–Kier alpha value is -2.52. The zero-order chi connectivity index (χ0) is 23.0. The standard InChI is InChI=1S/C24H27F4N3O2/c25-7-1-8-30-12-19(13-30)29-18-4-2-16(3-5-18)23-20-11-22-21(32-15-33-22)10-17(20)6-9-31(23)14-24(26,27)28/h2-5,10-11,19,23,29H,1,6-9,12-15H2. The summed E-state index contributed by atoms with van der Waals surface area (Å²) in [6.07, 6.45) is -3.20. The van der Waals surface area contributed by atoms with E-state index in [-0.39, 0.29) is 13.5 Å². The smallest absolute Gasteiger partial charge is 0.401 e. The van der Waals surface area contributed by atoms with Crippen molar-refractivity contribution in [2.45, 2.75) is 31.1 Å². The molecular weight excluding hydrogens is 438 g/mol. The van der Waals surface area contributed by atoms with Gasteiger partial charge in [-0.3, -0.25) is 14.2 Å². The van der Waals surface area contributed by atoms with Crippen molar-refractivity contribution in [1.82, 2.24) is 9.80 Å². The van der Waals surface area contributed by atoms with Crippen LogP contribution in [0.5, 0.6) is 11.5 Å². The predicted octanol–water partition coefficient (Wildman–Crippen LogP) is 4.38. The average molecular weight is 465 g/mol. The molecule has 1 unspecified atom stereocenters. The molecule has 33 heavy (non-hydrogen) atoms. The van der Waals surface area contributed by atoms with Crippen LogP contribution in [0.1, 0.15) is 29.2 Å². The molecule has 0 amide bonds. The highest BCUT2D eigenvalue weighted by Crippen LogP contribution is 2.43. The Kier molecular flexibility index (Phi) is 6.09. The molecule has 2 aromatic rings. The van der Waals surface area contributed by atoms with Crippen LogP contribution in [0.3, 0.4) is 0 Å². The van der Waals surface area contributed by atoms with Gasteiger partial charge >= 0.3 is 6.18 Å². The van der Waals surface area contributed by atoms with Crippen molar-refractivity contribution in [3.8, 4) is 11.5 Å². The summed E-state index contributed by atoms with van der Waals surface area (Å²) >= 11 is 0. The van der Waals surface area contributed by atoms with Gasteiger partial charge in [0.1, 0.15) is 0 Å². The third-order valence-electron chi connectivity index (χ3n) is 6.51. The van der Waals surface area contributed by atoms with Crippen LogP contribution in [0.4, 0.5) is 23.2 Å². The minimum absolute atomic E-state index is 0.127. The summed E-state index contributed by atoms with van der Waals surface area (Å²) in [6, 6.07) is 11.2. The first-order valence-electron chi connectivity index (χ1n) is 11.3. The topological polar surface area (TPSA) is 37.0 Å². The molecule has 0 aliphatic carbocycles. The Morgan fingerprint density at radius 1 is 1.03 bits per heavy atom. The Morgan fingerprint density at radius 2 is 1.76 bits per heavy atom. The molecular formula is C24H27F4N3O2. The molecule has 0 bridgehead atoms. The molecule has 0 spiro atoms. The third kappa shape index (κ3) is 4.89. The summed E-state index contributed by atoms with van der Waals surface area (Å²) in [6.45, 7) is 1.67. The van der Waals surface area contributed by atoms with E-state index in [4.69, 9.17) is 9.47 Å². The second-order valence-corrected chi connectivity index (χ2v) is 8.91. The molecule has 3 heterocycles. The van der Waals surface area contributed by atoms with Gasteiger partial charge in [0.15, 0.2) is 11.5 Å². The number of rotatable bonds is 7. The molecule has 0 saturated carbocycles. The molecule has 178 valence electrons. The van der Waals surface area contributed by atoms with E-state index in [9.17, 15) is 17.6 Å². The van der Waals surface area contributed by atoms with Gasteiger partial charge in [-0.2, -0.15) is 13.2 Å². The van der Waals surface area contributed by atoms with Crippen molar-refractivity contribution in [3.63, 3.8) is 0 Å². The lowest BCUT2D eigenvalue weighted by molar-refractivity contribution is -0.150. The first kappa shape index (κ1) is 22.3. The van der Waals surface area contributed by atoms with E-state index in [1.54, 1.807) is 0 Å². The number of ether oxygens (including phenoxy) is 2. The van der Waals surface area contributed by atoms with Gasteiger partial charge in [-0.25, -0.2) is 0 Å². The maximum absolute atomic E-state index is 13.4. The fourth-order valence-corrected chi connectivity index (χ4v) is 4.98. The zero-order valence-electron chi connectivity index (χ0n) is 18.2. The van der Waals surface area contributed by atoms with Crippen LogP contribution in [0, 0.1) is 0 Å². The minimum Gasteiger partial charge on any atom is -0.454 e. The molecule has 3 aliphatic heterocycles. The van der Waals surface area contributed by atoms with E-state index in [2.05, 4.69) is 10.2 Å². The summed E-state index contributed by atoms with van der Waals surface area (Å²) in [5.41, 5.74) is 3.56. The van der Waals surface area contributed by atoms with Crippen LogP contribution in [0.25, 0.3) is 0 Å². The third-order valence-corrected chi connectivity index (χ3v) is 6.51. The number of benzene rings is 2. The van der Waals surface area contributed by atoms with Crippen LogP contribution in [-0.4, -0.2) is 68.2 Å². The first-order chi connectivity index (χ1) is 15.9. The Morgan fingerprint density at radius 3 is 2.45 bits per heavy atom. The number of hydrogen-bond donors (Lipinski definition) is 1. The number of likely N-dealkylation sites (tertiary alicyclic amines) is 1. The van der Waals surface area contributed by atoms with Crippen LogP contribution in [0.2, 0.25) is 0 Å². The molecule has 3 aliphatic rings. The maximum Gasteiger partial charge on any atom is 0.401 e. The van der Waals surface area contributed by atoms with Gasteiger partial charge in [-0.05, 0) is 53.8 Å². The van der Waals surface area contributed by atoms with Crippen LogP contribution >= 0.6 is 0 Å². The lowest BCUT2D eigenvalue weighted by Gasteiger charge is -2.40. The van der Waals surface area contributed by atoms with Gasteiger partial charge in [0.2, 0.25) is 6.79 Å². The number of fused-ring (bicyclic) bond motifs is 2. The molecule has 0 aromatic heterocycles. The minimum atomic E-state index is -4.29. The molecule has 1 atom stereocenters. The van der Waals surface area contributed by atoms with Crippen molar-refractivity contribution in [2.24, 2.45) is 0 Å². The number of nitrogens with zero attached hydrogens (tertiary/aromatic N) is 2. The number of nitrogens with one attached hydrogen (secondary N) is 1. The van der Waals surface area contributed by atoms with Crippen molar-refractivity contribution >= 4 is 5.69 Å². The highest BCUT2D eigenvalue weighted by Gasteiger charge is 2.38. The lowest BCUT2D eigenvalue weighted by Crippen LogP contribution is -2.54. The summed E-state index contributed by atoms with van der Waals surface area (Å²) in [5, 5.41) is 3.45. The quantitative estimate of drug-likeness (QED) is 0.615. The lowest BCUT2D eigenvalue weighted by atomic mass is 9.87. The highest BCUT2D eigenvalue weighted by molar-refractivity contribution is 5.54. The molecule has 1 fully saturated rings. The SMILES string of the molecule is FCCCN1CC(Nc2ccc(C3c4cc5c(cc4CCN3CC(F)(F)F)OCO5)cc2)C1. The molecule has 1 saturated heterocycles. The molecule has 9 heteroatoms. The van der Waals surface area contributed by atoms with E-state index in [1.165, 1.54) is 4.90 Å². The highest BCUT2D eigenvalue weighted by atomic mass is 19.4. The van der Waals surface area contributed by atoms with Crippen molar-refractivity contribution in [3.05, 3.63) is 53.1 Å². The summed E-state index contributed by atoms with van der Waals surface area (Å²) in [5.74, 6) is 1.23. The summed E-state index contributed by atoms with van der Waals surface area (Å²) < 4.78 is 63.4. The van der Waals surface area contributed by atoms with Crippen molar-refractivity contribution < 1.29 is 27.0 Å². The fraction of sp³-hybridized carbons (Fsp3) is 0.500. The van der Waals surface area contributed by atoms with E-state index < -0.39 is 18.8 Å². The van der Waals surface area contributed by atoms with Crippen LogP contribution in [-0.2, 0) is 6.42 Å². The van der Waals surface area contributed by atoms with Crippen LogP contribution < -0.4 is 14.8 Å². The van der Waals surface area contributed by atoms with E-state index in [1.807, 2.05) is 36.4 Å². The van der Waals surface area contributed by atoms with Gasteiger partial charge in [0.25, 0.3) is 0 Å².